The molecule has 0 amide bonds. The van der Waals surface area contributed by atoms with Crippen LogP contribution in [0.2, 0.25) is 0 Å². The molecule has 0 radical (unpaired) electrons. The molecule has 2 atom stereocenters. The first-order chi connectivity index (χ1) is 11.0. The summed E-state index contributed by atoms with van der Waals surface area (Å²) in [6.45, 7) is 18.2. The van der Waals surface area contributed by atoms with Crippen LogP contribution in [-0.2, 0) is 4.74 Å². The number of rotatable bonds is 14. The number of hydrogen-bond donors (Lipinski definition) is 0. The van der Waals surface area contributed by atoms with E-state index in [1.807, 2.05) is 12.2 Å². The fourth-order valence-electron chi connectivity index (χ4n) is 2.19. The van der Waals surface area contributed by atoms with E-state index in [-0.39, 0.29) is 0 Å². The maximum Gasteiger partial charge on any atom is 0.0503 e. The maximum absolute atomic E-state index is 5.76. The Morgan fingerprint density at radius 1 is 0.826 bits per heavy atom. The van der Waals surface area contributed by atoms with Gasteiger partial charge in [0.25, 0.3) is 0 Å². The zero-order chi connectivity index (χ0) is 17.5. The molecule has 0 aromatic heterocycles. The van der Waals surface area contributed by atoms with Crippen molar-refractivity contribution in [1.82, 2.24) is 0 Å². The molecule has 0 N–H and O–H groups in total. The molecular weight excluding hydrogens is 280 g/mol. The highest BCUT2D eigenvalue weighted by molar-refractivity contribution is 4.99. The summed E-state index contributed by atoms with van der Waals surface area (Å²) in [4.78, 5) is 0. The molecule has 2 unspecified atom stereocenters. The monoisotopic (exact) mass is 318 g/mol. The molecule has 23 heavy (non-hydrogen) atoms. The number of allylic oxidation sites excluding steroid dienone is 4. The molecule has 0 bridgehead atoms. The molecule has 0 aromatic rings. The summed E-state index contributed by atoms with van der Waals surface area (Å²) in [6.07, 6.45) is 15.5. The first kappa shape index (κ1) is 21.9. The largest absolute Gasteiger partial charge is 0.381 e. The van der Waals surface area contributed by atoms with E-state index >= 15 is 0 Å². The third kappa shape index (κ3) is 14.3. The molecular formula is C22H38O. The van der Waals surface area contributed by atoms with Crippen molar-refractivity contribution >= 4 is 0 Å². The number of ether oxygens (including phenoxy) is 1. The van der Waals surface area contributed by atoms with E-state index < -0.39 is 0 Å². The van der Waals surface area contributed by atoms with Gasteiger partial charge in [-0.3, -0.25) is 0 Å². The summed E-state index contributed by atoms with van der Waals surface area (Å²) in [7, 11) is 0. The molecule has 0 saturated carbocycles. The van der Waals surface area contributed by atoms with Crippen molar-refractivity contribution in [2.75, 3.05) is 13.2 Å². The summed E-state index contributed by atoms with van der Waals surface area (Å²) < 4.78 is 5.76. The molecule has 0 aliphatic carbocycles. The van der Waals surface area contributed by atoms with Crippen LogP contribution in [0.15, 0.2) is 48.6 Å². The van der Waals surface area contributed by atoms with E-state index in [0.29, 0.717) is 11.8 Å². The van der Waals surface area contributed by atoms with Gasteiger partial charge in [-0.05, 0) is 64.2 Å². The van der Waals surface area contributed by atoms with Crippen LogP contribution in [0.25, 0.3) is 0 Å². The fourth-order valence-corrected chi connectivity index (χ4v) is 2.19. The second kappa shape index (κ2) is 14.5. The van der Waals surface area contributed by atoms with Gasteiger partial charge in [0.1, 0.15) is 0 Å². The Bertz CT molecular complexity index is 339. The highest BCUT2D eigenvalue weighted by Crippen LogP contribution is 2.11. The SMILES string of the molecule is C=CC(C)CCC=C(C)CCOCCC(C)=CCCC(C)C=C. The van der Waals surface area contributed by atoms with Crippen LogP contribution in [0.4, 0.5) is 0 Å². The van der Waals surface area contributed by atoms with Gasteiger partial charge in [-0.15, -0.1) is 13.2 Å². The van der Waals surface area contributed by atoms with E-state index in [2.05, 4.69) is 53.0 Å². The molecule has 0 saturated heterocycles. The lowest BCUT2D eigenvalue weighted by atomic mass is 10.0. The van der Waals surface area contributed by atoms with E-state index in [0.717, 1.165) is 38.9 Å². The average Bonchev–Trinajstić information content (AvgIpc) is 2.54. The van der Waals surface area contributed by atoms with Crippen LogP contribution in [0.1, 0.15) is 66.2 Å². The summed E-state index contributed by atoms with van der Waals surface area (Å²) in [5.41, 5.74) is 2.87. The molecule has 0 spiro atoms. The van der Waals surface area contributed by atoms with Gasteiger partial charge in [-0.2, -0.15) is 0 Å². The zero-order valence-electron chi connectivity index (χ0n) is 15.9. The molecule has 0 heterocycles. The van der Waals surface area contributed by atoms with Crippen molar-refractivity contribution in [1.29, 1.82) is 0 Å². The summed E-state index contributed by atoms with van der Waals surface area (Å²) in [5.74, 6) is 1.22. The van der Waals surface area contributed by atoms with Crippen LogP contribution in [-0.4, -0.2) is 13.2 Å². The Labute approximate surface area is 145 Å². The highest BCUT2D eigenvalue weighted by Gasteiger charge is 1.97. The second-order valence-corrected chi connectivity index (χ2v) is 6.79. The van der Waals surface area contributed by atoms with Gasteiger partial charge < -0.3 is 4.74 Å². The molecule has 0 fully saturated rings. The summed E-state index contributed by atoms with van der Waals surface area (Å²) in [6, 6.07) is 0. The van der Waals surface area contributed by atoms with Crippen LogP contribution < -0.4 is 0 Å². The third-order valence-electron chi connectivity index (χ3n) is 4.32. The molecule has 132 valence electrons. The third-order valence-corrected chi connectivity index (χ3v) is 4.32. The van der Waals surface area contributed by atoms with E-state index in [4.69, 9.17) is 4.74 Å². The summed E-state index contributed by atoms with van der Waals surface area (Å²) in [5, 5.41) is 0. The van der Waals surface area contributed by atoms with E-state index in [1.165, 1.54) is 24.0 Å². The second-order valence-electron chi connectivity index (χ2n) is 6.79. The topological polar surface area (TPSA) is 9.23 Å². The Balaban J connectivity index is 3.67. The first-order valence-electron chi connectivity index (χ1n) is 9.13. The molecule has 0 rings (SSSR count). The Morgan fingerprint density at radius 2 is 1.22 bits per heavy atom. The molecule has 0 aliphatic rings. The average molecular weight is 319 g/mol. The van der Waals surface area contributed by atoms with E-state index in [9.17, 15) is 0 Å². The van der Waals surface area contributed by atoms with Gasteiger partial charge in [-0.1, -0.05) is 49.3 Å². The minimum absolute atomic E-state index is 0.611. The van der Waals surface area contributed by atoms with Crippen molar-refractivity contribution < 1.29 is 4.74 Å². The Hall–Kier alpha value is -1.08. The smallest absolute Gasteiger partial charge is 0.0503 e. The van der Waals surface area contributed by atoms with Crippen LogP contribution in [0.5, 0.6) is 0 Å². The van der Waals surface area contributed by atoms with Crippen LogP contribution in [0, 0.1) is 11.8 Å². The van der Waals surface area contributed by atoms with Gasteiger partial charge >= 0.3 is 0 Å². The zero-order valence-corrected chi connectivity index (χ0v) is 15.9. The van der Waals surface area contributed by atoms with Crippen molar-refractivity contribution in [2.24, 2.45) is 11.8 Å². The minimum atomic E-state index is 0.611. The fraction of sp³-hybridized carbons (Fsp3) is 0.636. The van der Waals surface area contributed by atoms with E-state index in [1.54, 1.807) is 0 Å². The minimum Gasteiger partial charge on any atom is -0.381 e. The molecule has 1 heteroatoms. The van der Waals surface area contributed by atoms with Crippen LogP contribution in [0.3, 0.4) is 0 Å². The van der Waals surface area contributed by atoms with Gasteiger partial charge in [-0.25, -0.2) is 0 Å². The molecule has 0 aliphatic heterocycles. The molecule has 0 aromatic carbocycles. The lowest BCUT2D eigenvalue weighted by Gasteiger charge is -2.07. The van der Waals surface area contributed by atoms with Crippen molar-refractivity contribution in [3.8, 4) is 0 Å². The normalized spacial score (nSPS) is 15.3. The van der Waals surface area contributed by atoms with Crippen molar-refractivity contribution in [3.05, 3.63) is 48.6 Å². The predicted molar refractivity (Wildman–Crippen MR) is 105 cm³/mol. The van der Waals surface area contributed by atoms with Gasteiger partial charge in [0.15, 0.2) is 0 Å². The summed E-state index contributed by atoms with van der Waals surface area (Å²) >= 11 is 0. The van der Waals surface area contributed by atoms with Gasteiger partial charge in [0, 0.05) is 0 Å². The van der Waals surface area contributed by atoms with Crippen molar-refractivity contribution in [2.45, 2.75) is 66.2 Å². The van der Waals surface area contributed by atoms with Gasteiger partial charge in [0.2, 0.25) is 0 Å². The van der Waals surface area contributed by atoms with Crippen molar-refractivity contribution in [3.63, 3.8) is 0 Å². The first-order valence-corrected chi connectivity index (χ1v) is 9.13. The lowest BCUT2D eigenvalue weighted by molar-refractivity contribution is 0.140. The standard InChI is InChI=1S/C22H38O/c1-7-19(3)11-9-13-21(5)15-17-23-18-16-22(6)14-10-12-20(4)8-2/h7-8,13-14,19-20H,1-2,9-12,15-18H2,3-6H3. The van der Waals surface area contributed by atoms with Crippen LogP contribution >= 0.6 is 0 Å². The highest BCUT2D eigenvalue weighted by atomic mass is 16.5. The quantitative estimate of drug-likeness (QED) is 0.250. The lowest BCUT2D eigenvalue weighted by Crippen LogP contribution is -1.98. The Morgan fingerprint density at radius 3 is 1.57 bits per heavy atom. The molecule has 1 nitrogen and oxygen atoms in total. The van der Waals surface area contributed by atoms with Gasteiger partial charge in [0.05, 0.1) is 13.2 Å². The maximum atomic E-state index is 5.76. The predicted octanol–water partition coefficient (Wildman–Crippen LogP) is 6.88. The Kier molecular flexibility index (Phi) is 13.8. The number of hydrogen-bond acceptors (Lipinski definition) is 1.